The molecule has 0 aliphatic heterocycles. The molecule has 0 atom stereocenters. The van der Waals surface area contributed by atoms with Crippen LogP contribution >= 0.6 is 15.9 Å². The predicted octanol–water partition coefficient (Wildman–Crippen LogP) is 2.63. The summed E-state index contributed by atoms with van der Waals surface area (Å²) >= 11 is 3.41. The smallest absolute Gasteiger partial charge is 0.153 e. The molecule has 0 unspecified atom stereocenters. The highest BCUT2D eigenvalue weighted by Crippen LogP contribution is 2.42. The van der Waals surface area contributed by atoms with Gasteiger partial charge in [-0.1, -0.05) is 0 Å². The Kier molecular flexibility index (Phi) is 3.18. The lowest BCUT2D eigenvalue weighted by molar-refractivity contribution is 0.761. The fourth-order valence-corrected chi connectivity index (χ4v) is 2.42. The molecule has 0 saturated heterocycles. The topological polar surface area (TPSA) is 42.7 Å². The van der Waals surface area contributed by atoms with Gasteiger partial charge in [0.05, 0.1) is 11.9 Å². The monoisotopic (exact) mass is 306 g/mol. The molecule has 2 aromatic heterocycles. The summed E-state index contributed by atoms with van der Waals surface area (Å²) in [6.45, 7) is 0.863. The number of nitrogens with one attached hydrogen (secondary N) is 1. The Morgan fingerprint density at radius 3 is 2.83 bits per heavy atom. The van der Waals surface area contributed by atoms with Crippen LogP contribution in [-0.2, 0) is 6.54 Å². The number of rotatable bonds is 4. The second kappa shape index (κ2) is 4.82. The van der Waals surface area contributed by atoms with Crippen LogP contribution in [0.5, 0.6) is 0 Å². The molecule has 3 rings (SSSR count). The lowest BCUT2D eigenvalue weighted by Crippen LogP contribution is -2.09. The quantitative estimate of drug-likeness (QED) is 0.944. The van der Waals surface area contributed by atoms with Gasteiger partial charge in [-0.25, -0.2) is 9.67 Å². The van der Waals surface area contributed by atoms with E-state index in [-0.39, 0.29) is 0 Å². The third kappa shape index (κ3) is 2.20. The lowest BCUT2D eigenvalue weighted by Gasteiger charge is -2.08. The fraction of sp³-hybridized carbons (Fsp3) is 0.385. The maximum absolute atomic E-state index is 4.49. The van der Waals surface area contributed by atoms with Crippen LogP contribution in [0, 0.1) is 0 Å². The zero-order valence-electron chi connectivity index (χ0n) is 10.2. The molecular weight excluding hydrogens is 292 g/mol. The Labute approximate surface area is 115 Å². The molecule has 0 bridgehead atoms. The van der Waals surface area contributed by atoms with E-state index in [1.807, 2.05) is 36.3 Å². The molecule has 94 valence electrons. The van der Waals surface area contributed by atoms with E-state index in [9.17, 15) is 0 Å². The first-order chi connectivity index (χ1) is 8.79. The minimum absolute atomic E-state index is 0.654. The van der Waals surface area contributed by atoms with Crippen LogP contribution in [0.15, 0.2) is 29.0 Å². The number of hydrogen-bond donors (Lipinski definition) is 1. The van der Waals surface area contributed by atoms with Gasteiger partial charge in [0.2, 0.25) is 0 Å². The molecule has 0 amide bonds. The highest BCUT2D eigenvalue weighted by molar-refractivity contribution is 9.10. The van der Waals surface area contributed by atoms with Crippen LogP contribution in [0.1, 0.15) is 30.0 Å². The van der Waals surface area contributed by atoms with Gasteiger partial charge in [-0.05, 0) is 48.0 Å². The Hall–Kier alpha value is -1.20. The number of pyridine rings is 1. The van der Waals surface area contributed by atoms with Gasteiger partial charge in [-0.15, -0.1) is 0 Å². The number of halogens is 1. The van der Waals surface area contributed by atoms with Crippen LogP contribution in [0.3, 0.4) is 0 Å². The van der Waals surface area contributed by atoms with Crippen molar-refractivity contribution < 1.29 is 0 Å². The molecule has 1 saturated carbocycles. The molecule has 0 aromatic carbocycles. The molecule has 1 fully saturated rings. The summed E-state index contributed by atoms with van der Waals surface area (Å²) in [5, 5.41) is 7.69. The predicted molar refractivity (Wildman–Crippen MR) is 73.8 cm³/mol. The minimum Gasteiger partial charge on any atom is -0.316 e. The van der Waals surface area contributed by atoms with Crippen molar-refractivity contribution >= 4 is 15.9 Å². The van der Waals surface area contributed by atoms with E-state index in [4.69, 9.17) is 0 Å². The van der Waals surface area contributed by atoms with E-state index in [0.717, 1.165) is 16.8 Å². The number of hydrogen-bond acceptors (Lipinski definition) is 3. The van der Waals surface area contributed by atoms with Gasteiger partial charge in [-0.3, -0.25) is 0 Å². The zero-order chi connectivity index (χ0) is 12.5. The summed E-state index contributed by atoms with van der Waals surface area (Å²) in [5.74, 6) is 1.55. The van der Waals surface area contributed by atoms with E-state index in [1.165, 1.54) is 24.1 Å². The van der Waals surface area contributed by atoms with Crippen molar-refractivity contribution in [3.63, 3.8) is 0 Å². The number of nitrogens with zero attached hydrogens (tertiary/aromatic N) is 3. The molecule has 5 heteroatoms. The Bertz CT molecular complexity index is 543. The van der Waals surface area contributed by atoms with E-state index in [0.29, 0.717) is 5.92 Å². The van der Waals surface area contributed by atoms with E-state index < -0.39 is 0 Å². The third-order valence-corrected chi connectivity index (χ3v) is 3.62. The summed E-state index contributed by atoms with van der Waals surface area (Å²) in [6, 6.07) is 3.99. The van der Waals surface area contributed by atoms with Gasteiger partial charge in [0, 0.05) is 28.7 Å². The molecule has 1 aliphatic carbocycles. The molecule has 2 aromatic rings. The van der Waals surface area contributed by atoms with Crippen LogP contribution in [0.2, 0.25) is 0 Å². The fourth-order valence-electron chi connectivity index (χ4n) is 2.19. The van der Waals surface area contributed by atoms with Crippen LogP contribution in [-0.4, -0.2) is 21.8 Å². The molecule has 2 heterocycles. The minimum atomic E-state index is 0.654. The van der Waals surface area contributed by atoms with E-state index in [1.54, 1.807) is 0 Å². The molecule has 0 spiro atoms. The third-order valence-electron chi connectivity index (χ3n) is 3.15. The van der Waals surface area contributed by atoms with Crippen molar-refractivity contribution in [2.24, 2.45) is 0 Å². The molecule has 4 nitrogen and oxygen atoms in total. The number of aromatic nitrogens is 3. The summed E-state index contributed by atoms with van der Waals surface area (Å²) in [4.78, 5) is 4.43. The molecule has 0 radical (unpaired) electrons. The average molecular weight is 307 g/mol. The first-order valence-electron chi connectivity index (χ1n) is 6.13. The normalized spacial score (nSPS) is 15.0. The SMILES string of the molecule is CNCc1cnn(-c2ccc(Br)cn2)c1C1CC1. The second-order valence-electron chi connectivity index (χ2n) is 4.61. The van der Waals surface area contributed by atoms with Gasteiger partial charge in [-0.2, -0.15) is 5.10 Å². The molecule has 18 heavy (non-hydrogen) atoms. The highest BCUT2D eigenvalue weighted by atomic mass is 79.9. The maximum atomic E-state index is 4.49. The van der Waals surface area contributed by atoms with Crippen molar-refractivity contribution in [2.45, 2.75) is 25.3 Å². The standard InChI is InChI=1S/C13H15BrN4/c1-15-6-10-7-17-18(13(10)9-2-3-9)12-5-4-11(14)8-16-12/h4-5,7-9,15H,2-3,6H2,1H3. The largest absolute Gasteiger partial charge is 0.316 e. The summed E-state index contributed by atoms with van der Waals surface area (Å²) in [5.41, 5.74) is 2.60. The maximum Gasteiger partial charge on any atom is 0.153 e. The first-order valence-corrected chi connectivity index (χ1v) is 6.92. The van der Waals surface area contributed by atoms with Crippen LogP contribution in [0.25, 0.3) is 5.82 Å². The second-order valence-corrected chi connectivity index (χ2v) is 5.52. The van der Waals surface area contributed by atoms with Gasteiger partial charge in [0.25, 0.3) is 0 Å². The van der Waals surface area contributed by atoms with Crippen molar-refractivity contribution in [1.82, 2.24) is 20.1 Å². The Morgan fingerprint density at radius 1 is 1.39 bits per heavy atom. The van der Waals surface area contributed by atoms with Crippen molar-refractivity contribution in [3.8, 4) is 5.82 Å². The van der Waals surface area contributed by atoms with Gasteiger partial charge >= 0.3 is 0 Å². The Morgan fingerprint density at radius 2 is 2.22 bits per heavy atom. The zero-order valence-corrected chi connectivity index (χ0v) is 11.8. The lowest BCUT2D eigenvalue weighted by atomic mass is 10.2. The average Bonchev–Trinajstić information content (AvgIpc) is 3.13. The van der Waals surface area contributed by atoms with E-state index >= 15 is 0 Å². The first kappa shape index (κ1) is 11.9. The highest BCUT2D eigenvalue weighted by Gasteiger charge is 2.30. The van der Waals surface area contributed by atoms with Gasteiger partial charge in [0.15, 0.2) is 5.82 Å². The van der Waals surface area contributed by atoms with E-state index in [2.05, 4.69) is 31.3 Å². The molecular formula is C13H15BrN4. The summed E-state index contributed by atoms with van der Waals surface area (Å²) < 4.78 is 2.97. The molecule has 1 N–H and O–H groups in total. The van der Waals surface area contributed by atoms with Gasteiger partial charge < -0.3 is 5.32 Å². The van der Waals surface area contributed by atoms with Crippen LogP contribution < -0.4 is 5.32 Å². The van der Waals surface area contributed by atoms with Crippen molar-refractivity contribution in [1.29, 1.82) is 0 Å². The molecule has 1 aliphatic rings. The Balaban J connectivity index is 2.03. The van der Waals surface area contributed by atoms with Crippen LogP contribution in [0.4, 0.5) is 0 Å². The summed E-state index contributed by atoms with van der Waals surface area (Å²) in [7, 11) is 1.96. The van der Waals surface area contributed by atoms with Crippen molar-refractivity contribution in [3.05, 3.63) is 40.3 Å². The summed E-state index contributed by atoms with van der Waals surface area (Å²) in [6.07, 6.45) is 6.29. The van der Waals surface area contributed by atoms with Crippen molar-refractivity contribution in [2.75, 3.05) is 7.05 Å². The van der Waals surface area contributed by atoms with Gasteiger partial charge in [0.1, 0.15) is 0 Å².